The minimum Gasteiger partial charge on any atom is -0.381 e. The molecule has 1 saturated heterocycles. The number of aromatic nitrogens is 1. The van der Waals surface area contributed by atoms with Crippen LogP contribution in [0.25, 0.3) is 0 Å². The molecule has 1 aromatic heterocycles. The lowest BCUT2D eigenvalue weighted by Gasteiger charge is -2.31. The number of hydrogen-bond acceptors (Lipinski definition) is 3. The largest absolute Gasteiger partial charge is 0.381 e. The fourth-order valence-electron chi connectivity index (χ4n) is 3.42. The van der Waals surface area contributed by atoms with Gasteiger partial charge in [-0.25, -0.2) is 0 Å². The van der Waals surface area contributed by atoms with E-state index in [-0.39, 0.29) is 11.9 Å². The van der Waals surface area contributed by atoms with E-state index < -0.39 is 0 Å². The molecule has 4 nitrogen and oxygen atoms in total. The second-order valence-electron chi connectivity index (χ2n) is 6.63. The second kappa shape index (κ2) is 8.77. The highest BCUT2D eigenvalue weighted by molar-refractivity contribution is 5.94. The van der Waals surface area contributed by atoms with Gasteiger partial charge in [0, 0.05) is 31.2 Å². The lowest BCUT2D eigenvalue weighted by molar-refractivity contribution is 0.0513. The minimum absolute atomic E-state index is 0.0246. The number of amides is 1. The van der Waals surface area contributed by atoms with Crippen molar-refractivity contribution in [3.8, 4) is 0 Å². The van der Waals surface area contributed by atoms with E-state index in [4.69, 9.17) is 4.74 Å². The number of carbonyl (C=O) groups is 1. The number of benzene rings is 1. The molecule has 25 heavy (non-hydrogen) atoms. The summed E-state index contributed by atoms with van der Waals surface area (Å²) in [6, 6.07) is 11.9. The van der Waals surface area contributed by atoms with Crippen LogP contribution < -0.4 is 5.32 Å². The zero-order valence-electron chi connectivity index (χ0n) is 14.8. The molecule has 4 heteroatoms. The molecule has 2 aromatic rings. The number of nitrogens with zero attached hydrogens (tertiary/aromatic N) is 1. The Morgan fingerprint density at radius 2 is 2.00 bits per heavy atom. The zero-order chi connectivity index (χ0) is 17.5. The summed E-state index contributed by atoms with van der Waals surface area (Å²) in [6.45, 7) is 3.67. The molecular weight excluding hydrogens is 312 g/mol. The van der Waals surface area contributed by atoms with Gasteiger partial charge in [-0.3, -0.25) is 9.78 Å². The summed E-state index contributed by atoms with van der Waals surface area (Å²) in [5, 5.41) is 3.24. The third-order valence-electron chi connectivity index (χ3n) is 4.82. The topological polar surface area (TPSA) is 51.2 Å². The summed E-state index contributed by atoms with van der Waals surface area (Å²) in [4.78, 5) is 17.0. The summed E-state index contributed by atoms with van der Waals surface area (Å²) < 4.78 is 5.48. The zero-order valence-corrected chi connectivity index (χ0v) is 14.8. The molecule has 1 aliphatic heterocycles. The normalized spacial score (nSPS) is 16.4. The van der Waals surface area contributed by atoms with E-state index in [2.05, 4.69) is 17.2 Å². The van der Waals surface area contributed by atoms with Crippen LogP contribution in [0.4, 0.5) is 0 Å². The SMILES string of the molecule is CCCc1ccc(C(=O)NC(c2cccnc2)C2CCOCC2)cc1. The summed E-state index contributed by atoms with van der Waals surface area (Å²) >= 11 is 0. The number of pyridine rings is 1. The van der Waals surface area contributed by atoms with Crippen LogP contribution in [0.2, 0.25) is 0 Å². The van der Waals surface area contributed by atoms with Crippen molar-refractivity contribution in [3.63, 3.8) is 0 Å². The third-order valence-corrected chi connectivity index (χ3v) is 4.82. The Bertz CT molecular complexity index is 664. The maximum Gasteiger partial charge on any atom is 0.251 e. The van der Waals surface area contributed by atoms with Crippen LogP contribution in [0.15, 0.2) is 48.8 Å². The summed E-state index contributed by atoms with van der Waals surface area (Å²) in [6.07, 6.45) is 7.68. The first-order chi connectivity index (χ1) is 12.3. The Labute approximate surface area is 149 Å². The van der Waals surface area contributed by atoms with E-state index in [1.807, 2.05) is 42.6 Å². The van der Waals surface area contributed by atoms with Gasteiger partial charge in [0.2, 0.25) is 0 Å². The van der Waals surface area contributed by atoms with E-state index >= 15 is 0 Å². The molecule has 1 amide bonds. The Morgan fingerprint density at radius 1 is 1.24 bits per heavy atom. The molecule has 3 rings (SSSR count). The van der Waals surface area contributed by atoms with Crippen molar-refractivity contribution >= 4 is 5.91 Å². The molecule has 1 fully saturated rings. The Hall–Kier alpha value is -2.20. The maximum absolute atomic E-state index is 12.8. The molecule has 1 unspecified atom stereocenters. The van der Waals surface area contributed by atoms with Crippen molar-refractivity contribution in [1.82, 2.24) is 10.3 Å². The van der Waals surface area contributed by atoms with Crippen LogP contribution in [0.1, 0.15) is 53.7 Å². The first-order valence-corrected chi connectivity index (χ1v) is 9.15. The van der Waals surface area contributed by atoms with Crippen LogP contribution in [0, 0.1) is 5.92 Å². The number of carbonyl (C=O) groups excluding carboxylic acids is 1. The van der Waals surface area contributed by atoms with Gasteiger partial charge in [-0.1, -0.05) is 31.5 Å². The van der Waals surface area contributed by atoms with Gasteiger partial charge in [0.05, 0.1) is 6.04 Å². The molecule has 1 aromatic carbocycles. The molecule has 132 valence electrons. The smallest absolute Gasteiger partial charge is 0.251 e. The standard InChI is InChI=1S/C21H26N2O2/c1-2-4-16-6-8-18(9-7-16)21(24)23-20(17-10-13-25-14-11-17)19-5-3-12-22-15-19/h3,5-9,12,15,17,20H,2,4,10-11,13-14H2,1H3,(H,23,24). The van der Waals surface area contributed by atoms with Gasteiger partial charge in [0.1, 0.15) is 0 Å². The lowest BCUT2D eigenvalue weighted by atomic mass is 9.87. The number of aryl methyl sites for hydroxylation is 1. The molecular formula is C21H26N2O2. The fraction of sp³-hybridized carbons (Fsp3) is 0.429. The predicted octanol–water partition coefficient (Wildman–Crippen LogP) is 3.93. The van der Waals surface area contributed by atoms with Gasteiger partial charge in [0.25, 0.3) is 5.91 Å². The van der Waals surface area contributed by atoms with E-state index in [1.165, 1.54) is 5.56 Å². The molecule has 0 spiro atoms. The van der Waals surface area contributed by atoms with Crippen molar-refractivity contribution in [2.75, 3.05) is 13.2 Å². The molecule has 0 radical (unpaired) electrons. The molecule has 2 heterocycles. The molecule has 0 saturated carbocycles. The van der Waals surface area contributed by atoms with Crippen molar-refractivity contribution in [2.45, 2.75) is 38.6 Å². The average molecular weight is 338 g/mol. The van der Waals surface area contributed by atoms with E-state index in [0.717, 1.165) is 44.5 Å². The summed E-state index contributed by atoms with van der Waals surface area (Å²) in [7, 11) is 0. The van der Waals surface area contributed by atoms with Crippen molar-refractivity contribution in [3.05, 3.63) is 65.5 Å². The highest BCUT2D eigenvalue weighted by Gasteiger charge is 2.27. The van der Waals surface area contributed by atoms with Gasteiger partial charge in [-0.2, -0.15) is 0 Å². The minimum atomic E-state index is -0.0274. The van der Waals surface area contributed by atoms with Crippen molar-refractivity contribution in [2.24, 2.45) is 5.92 Å². The van der Waals surface area contributed by atoms with Gasteiger partial charge >= 0.3 is 0 Å². The second-order valence-corrected chi connectivity index (χ2v) is 6.63. The number of rotatable bonds is 6. The molecule has 0 aliphatic carbocycles. The Morgan fingerprint density at radius 3 is 2.64 bits per heavy atom. The summed E-state index contributed by atoms with van der Waals surface area (Å²) in [5.74, 6) is 0.352. The number of nitrogens with one attached hydrogen (secondary N) is 1. The van der Waals surface area contributed by atoms with Gasteiger partial charge < -0.3 is 10.1 Å². The van der Waals surface area contributed by atoms with Crippen LogP contribution in [0.3, 0.4) is 0 Å². The first kappa shape index (κ1) is 17.6. The maximum atomic E-state index is 12.8. The van der Waals surface area contributed by atoms with E-state index in [0.29, 0.717) is 11.5 Å². The van der Waals surface area contributed by atoms with E-state index in [1.54, 1.807) is 6.20 Å². The number of hydrogen-bond donors (Lipinski definition) is 1. The van der Waals surface area contributed by atoms with Crippen molar-refractivity contribution in [1.29, 1.82) is 0 Å². The van der Waals surface area contributed by atoms with Crippen molar-refractivity contribution < 1.29 is 9.53 Å². The molecule has 1 N–H and O–H groups in total. The quantitative estimate of drug-likeness (QED) is 0.868. The van der Waals surface area contributed by atoms with Crippen LogP contribution in [0.5, 0.6) is 0 Å². The predicted molar refractivity (Wildman–Crippen MR) is 98.4 cm³/mol. The summed E-state index contributed by atoms with van der Waals surface area (Å²) in [5.41, 5.74) is 3.04. The first-order valence-electron chi connectivity index (χ1n) is 9.15. The highest BCUT2D eigenvalue weighted by atomic mass is 16.5. The molecule has 1 atom stereocenters. The monoisotopic (exact) mass is 338 g/mol. The van der Waals surface area contributed by atoms with Crippen LogP contribution in [-0.2, 0) is 11.2 Å². The lowest BCUT2D eigenvalue weighted by Crippen LogP contribution is -2.36. The van der Waals surface area contributed by atoms with Gasteiger partial charge in [-0.15, -0.1) is 0 Å². The Kier molecular flexibility index (Phi) is 6.18. The van der Waals surface area contributed by atoms with Gasteiger partial charge in [0.15, 0.2) is 0 Å². The third kappa shape index (κ3) is 4.67. The van der Waals surface area contributed by atoms with Gasteiger partial charge in [-0.05, 0) is 54.5 Å². The molecule has 1 aliphatic rings. The Balaban J connectivity index is 1.75. The average Bonchev–Trinajstić information content (AvgIpc) is 2.68. The van der Waals surface area contributed by atoms with Crippen LogP contribution >= 0.6 is 0 Å². The molecule has 0 bridgehead atoms. The van der Waals surface area contributed by atoms with E-state index in [9.17, 15) is 4.79 Å². The number of ether oxygens (including phenoxy) is 1. The fourth-order valence-corrected chi connectivity index (χ4v) is 3.42. The van der Waals surface area contributed by atoms with Crippen LogP contribution in [-0.4, -0.2) is 24.1 Å². The highest BCUT2D eigenvalue weighted by Crippen LogP contribution is 2.30.